The minimum Gasteiger partial charge on any atom is -0.350 e. The summed E-state index contributed by atoms with van der Waals surface area (Å²) in [5, 5.41) is 0.719. The van der Waals surface area contributed by atoms with Crippen LogP contribution in [0.3, 0.4) is 0 Å². The molecule has 0 spiro atoms. The summed E-state index contributed by atoms with van der Waals surface area (Å²) in [6.45, 7) is 0. The van der Waals surface area contributed by atoms with Gasteiger partial charge in [-0.15, -0.1) is 0 Å². The van der Waals surface area contributed by atoms with Crippen molar-refractivity contribution in [2.75, 3.05) is 11.9 Å². The molecular weight excluding hydrogens is 181 g/mol. The van der Waals surface area contributed by atoms with E-state index in [4.69, 9.17) is 23.2 Å². The summed E-state index contributed by atoms with van der Waals surface area (Å²) in [7, 11) is 1.82. The van der Waals surface area contributed by atoms with Gasteiger partial charge in [-0.25, -0.2) is 0 Å². The zero-order chi connectivity index (χ0) is 8.27. The van der Waals surface area contributed by atoms with Crippen molar-refractivity contribution in [1.29, 1.82) is 0 Å². The molecule has 0 fully saturated rings. The molecule has 0 unspecified atom stereocenters. The van der Waals surface area contributed by atoms with Gasteiger partial charge in [-0.2, -0.15) is 0 Å². The van der Waals surface area contributed by atoms with Crippen LogP contribution in [0.1, 0.15) is 0 Å². The van der Waals surface area contributed by atoms with Crippen LogP contribution in [0.2, 0.25) is 5.02 Å². The van der Waals surface area contributed by atoms with Crippen molar-refractivity contribution in [2.24, 2.45) is 0 Å². The van der Waals surface area contributed by atoms with Crippen LogP contribution in [0.25, 0.3) is 0 Å². The third-order valence-electron chi connectivity index (χ3n) is 1.34. The predicted molar refractivity (Wildman–Crippen MR) is 49.0 cm³/mol. The van der Waals surface area contributed by atoms with Crippen LogP contribution in [-0.4, -0.2) is 7.05 Å². The lowest BCUT2D eigenvalue weighted by atomic mass is 10.3. The Morgan fingerprint density at radius 1 is 1.27 bits per heavy atom. The molecule has 0 N–H and O–H groups in total. The Labute approximate surface area is 76.5 Å². The van der Waals surface area contributed by atoms with Gasteiger partial charge in [0.15, 0.2) is 6.00 Å². The summed E-state index contributed by atoms with van der Waals surface area (Å²) in [6.07, 6.45) is 0. The number of nitrogens with zero attached hydrogens (tertiary/aromatic N) is 1. The molecule has 0 aliphatic carbocycles. The van der Waals surface area contributed by atoms with E-state index >= 15 is 0 Å². The van der Waals surface area contributed by atoms with E-state index < -0.39 is 0 Å². The van der Waals surface area contributed by atoms with E-state index in [1.165, 1.54) is 0 Å². The van der Waals surface area contributed by atoms with Gasteiger partial charge in [-0.3, -0.25) is 0 Å². The molecule has 0 amide bonds. The fourth-order valence-electron chi connectivity index (χ4n) is 0.713. The number of hydrogen-bond acceptors (Lipinski definition) is 1. The average molecular weight is 188 g/mol. The maximum absolute atomic E-state index is 5.69. The molecule has 0 aromatic heterocycles. The Balaban J connectivity index is 2.81. The Hall–Kier alpha value is -0.400. The summed E-state index contributed by atoms with van der Waals surface area (Å²) in [5.41, 5.74) is 0.962. The van der Waals surface area contributed by atoms with Crippen molar-refractivity contribution in [3.8, 4) is 0 Å². The normalized spacial score (nSPS) is 9.73. The van der Waals surface area contributed by atoms with E-state index in [1.54, 1.807) is 4.90 Å². The fourth-order valence-corrected chi connectivity index (χ4v) is 0.937. The minimum atomic E-state index is 0.719. The van der Waals surface area contributed by atoms with Crippen LogP contribution in [0.4, 0.5) is 5.69 Å². The van der Waals surface area contributed by atoms with Gasteiger partial charge in [0.25, 0.3) is 0 Å². The highest BCUT2D eigenvalue weighted by molar-refractivity contribution is 6.30. The maximum atomic E-state index is 5.69. The van der Waals surface area contributed by atoms with E-state index in [9.17, 15) is 0 Å². The highest BCUT2D eigenvalue weighted by Gasteiger charge is 1.97. The van der Waals surface area contributed by atoms with Crippen molar-refractivity contribution in [1.82, 2.24) is 0 Å². The van der Waals surface area contributed by atoms with E-state index in [1.807, 2.05) is 31.3 Å². The molecule has 2 radical (unpaired) electrons. The van der Waals surface area contributed by atoms with E-state index in [-0.39, 0.29) is 0 Å². The average Bonchev–Trinajstić information content (AvgIpc) is 2.05. The molecule has 0 bridgehead atoms. The second-order valence-electron chi connectivity index (χ2n) is 2.12. The Kier molecular flexibility index (Phi) is 3.03. The number of anilines is 1. The van der Waals surface area contributed by atoms with E-state index in [2.05, 4.69) is 6.00 Å². The van der Waals surface area contributed by atoms with Crippen LogP contribution >= 0.6 is 23.2 Å². The van der Waals surface area contributed by atoms with Gasteiger partial charge < -0.3 is 4.90 Å². The van der Waals surface area contributed by atoms with Crippen molar-refractivity contribution in [3.05, 3.63) is 35.3 Å². The predicted octanol–water partition coefficient (Wildman–Crippen LogP) is 3.01. The molecule has 1 aromatic carbocycles. The standard InChI is InChI=1S/C8H7Cl2N/c1-11(6-9)8-4-2-7(10)3-5-8/h2-5H,1H3. The second-order valence-corrected chi connectivity index (χ2v) is 2.73. The summed E-state index contributed by atoms with van der Waals surface area (Å²) >= 11 is 11.1. The second kappa shape index (κ2) is 3.84. The molecule has 0 aliphatic heterocycles. The van der Waals surface area contributed by atoms with E-state index in [0.717, 1.165) is 10.7 Å². The lowest BCUT2D eigenvalue weighted by molar-refractivity contribution is 1.18. The molecule has 0 heterocycles. The summed E-state index contributed by atoms with van der Waals surface area (Å²) in [6, 6.07) is 9.82. The first-order chi connectivity index (χ1) is 5.24. The SMILES string of the molecule is CN([C]Cl)c1ccc(Cl)cc1. The number of benzene rings is 1. The molecule has 1 nitrogen and oxygen atoms in total. The molecule has 0 atom stereocenters. The third-order valence-corrected chi connectivity index (χ3v) is 1.85. The van der Waals surface area contributed by atoms with Gasteiger partial charge in [0.1, 0.15) is 0 Å². The Bertz CT molecular complexity index is 220. The van der Waals surface area contributed by atoms with E-state index in [0.29, 0.717) is 0 Å². The molecule has 1 aromatic rings. The van der Waals surface area contributed by atoms with Gasteiger partial charge in [0.2, 0.25) is 0 Å². The minimum absolute atomic E-state index is 0.719. The Morgan fingerprint density at radius 3 is 2.27 bits per heavy atom. The van der Waals surface area contributed by atoms with Gasteiger partial charge >= 0.3 is 0 Å². The summed E-state index contributed by atoms with van der Waals surface area (Å²) in [4.78, 5) is 1.68. The van der Waals surface area contributed by atoms with Gasteiger partial charge in [-0.1, -0.05) is 23.2 Å². The van der Waals surface area contributed by atoms with Crippen LogP contribution in [0, 0.1) is 6.00 Å². The molecule has 0 saturated carbocycles. The number of rotatable bonds is 2. The maximum Gasteiger partial charge on any atom is 0.197 e. The summed E-state index contributed by atoms with van der Waals surface area (Å²) < 4.78 is 0. The topological polar surface area (TPSA) is 3.24 Å². The van der Waals surface area contributed by atoms with Crippen molar-refractivity contribution in [2.45, 2.75) is 0 Å². The highest BCUT2D eigenvalue weighted by Crippen LogP contribution is 2.17. The van der Waals surface area contributed by atoms with Crippen LogP contribution in [-0.2, 0) is 0 Å². The fraction of sp³-hybridized carbons (Fsp3) is 0.125. The molecular formula is C8H7Cl2N. The molecule has 1 rings (SSSR count). The smallest absolute Gasteiger partial charge is 0.197 e. The van der Waals surface area contributed by atoms with Crippen molar-refractivity contribution in [3.63, 3.8) is 0 Å². The number of halogens is 2. The highest BCUT2D eigenvalue weighted by atomic mass is 35.5. The monoisotopic (exact) mass is 187 g/mol. The first-order valence-corrected chi connectivity index (χ1v) is 3.85. The van der Waals surface area contributed by atoms with Crippen LogP contribution in [0.15, 0.2) is 24.3 Å². The molecule has 3 heteroatoms. The zero-order valence-corrected chi connectivity index (χ0v) is 7.52. The lowest BCUT2D eigenvalue weighted by Crippen LogP contribution is -2.08. The largest absolute Gasteiger partial charge is 0.350 e. The van der Waals surface area contributed by atoms with Crippen LogP contribution < -0.4 is 4.90 Å². The van der Waals surface area contributed by atoms with Gasteiger partial charge in [0.05, 0.1) is 0 Å². The molecule has 11 heavy (non-hydrogen) atoms. The third kappa shape index (κ3) is 2.28. The lowest BCUT2D eigenvalue weighted by Gasteiger charge is -2.12. The Morgan fingerprint density at radius 2 is 1.82 bits per heavy atom. The molecule has 0 saturated heterocycles. The zero-order valence-electron chi connectivity index (χ0n) is 6.01. The van der Waals surface area contributed by atoms with Crippen LogP contribution in [0.5, 0.6) is 0 Å². The van der Waals surface area contributed by atoms with Gasteiger partial charge in [0, 0.05) is 17.8 Å². The molecule has 58 valence electrons. The van der Waals surface area contributed by atoms with Crippen molar-refractivity contribution >= 4 is 28.9 Å². The quantitative estimate of drug-likeness (QED) is 0.509. The van der Waals surface area contributed by atoms with Crippen molar-refractivity contribution < 1.29 is 0 Å². The summed E-state index contributed by atoms with van der Waals surface area (Å²) in [5.74, 6) is 0. The number of hydrogen-bond donors (Lipinski definition) is 0. The van der Waals surface area contributed by atoms with Gasteiger partial charge in [-0.05, 0) is 24.3 Å². The first kappa shape index (κ1) is 8.69. The molecule has 0 aliphatic rings. The first-order valence-electron chi connectivity index (χ1n) is 3.09.